The zero-order valence-corrected chi connectivity index (χ0v) is 17.3. The molecule has 4 rings (SSSR count). The fraction of sp³-hybridized carbons (Fsp3) is 0.375. The first-order chi connectivity index (χ1) is 14.5. The average Bonchev–Trinajstić information content (AvgIpc) is 3.06. The Morgan fingerprint density at radius 3 is 2.43 bits per heavy atom. The maximum atomic E-state index is 12.9. The molecule has 6 nitrogen and oxygen atoms in total. The van der Waals surface area contributed by atoms with Crippen LogP contribution in [0, 0.1) is 6.92 Å². The Morgan fingerprint density at radius 2 is 1.73 bits per heavy atom. The standard InChI is InChI=1S/C24H27N3O3/c1-18-6-5-7-19(16-18)10-11-22(28)25-14-12-20(13-15-25)26-17-23(29)27(24(26)30)21-8-3-2-4-9-21/h2-9,16,20H,10-15,17H2,1H3. The van der Waals surface area contributed by atoms with E-state index in [0.29, 0.717) is 38.0 Å². The van der Waals surface area contributed by atoms with Gasteiger partial charge in [-0.05, 0) is 43.9 Å². The molecule has 2 fully saturated rings. The van der Waals surface area contributed by atoms with Gasteiger partial charge in [0.25, 0.3) is 5.91 Å². The summed E-state index contributed by atoms with van der Waals surface area (Å²) in [7, 11) is 0. The van der Waals surface area contributed by atoms with Gasteiger partial charge in [0.1, 0.15) is 6.54 Å². The third-order valence-electron chi connectivity index (χ3n) is 5.97. The number of carbonyl (C=O) groups is 3. The molecule has 0 atom stereocenters. The van der Waals surface area contributed by atoms with Gasteiger partial charge in [0, 0.05) is 25.6 Å². The van der Waals surface area contributed by atoms with E-state index in [0.717, 1.165) is 6.42 Å². The minimum absolute atomic E-state index is 0.00372. The first-order valence-corrected chi connectivity index (χ1v) is 10.5. The lowest BCUT2D eigenvalue weighted by Crippen LogP contribution is -2.48. The van der Waals surface area contributed by atoms with Crippen molar-refractivity contribution in [2.75, 3.05) is 24.5 Å². The number of carbonyl (C=O) groups excluding carboxylic acids is 3. The largest absolute Gasteiger partial charge is 0.343 e. The van der Waals surface area contributed by atoms with Crippen LogP contribution in [0.1, 0.15) is 30.4 Å². The van der Waals surface area contributed by atoms with Crippen LogP contribution in [-0.4, -0.2) is 53.3 Å². The first kappa shape index (κ1) is 20.1. The number of hydrogen-bond acceptors (Lipinski definition) is 3. The lowest BCUT2D eigenvalue weighted by molar-refractivity contribution is -0.132. The number of urea groups is 1. The van der Waals surface area contributed by atoms with E-state index < -0.39 is 0 Å². The molecule has 2 aromatic carbocycles. The predicted octanol–water partition coefficient (Wildman–Crippen LogP) is 3.39. The number of anilines is 1. The lowest BCUT2D eigenvalue weighted by Gasteiger charge is -2.36. The van der Waals surface area contributed by atoms with Gasteiger partial charge in [-0.25, -0.2) is 9.69 Å². The molecule has 4 amide bonds. The van der Waals surface area contributed by atoms with E-state index in [-0.39, 0.29) is 30.4 Å². The molecule has 0 spiro atoms. The van der Waals surface area contributed by atoms with Crippen molar-refractivity contribution in [3.8, 4) is 0 Å². The number of aryl methyl sites for hydroxylation is 2. The van der Waals surface area contributed by atoms with Crippen LogP contribution < -0.4 is 4.90 Å². The Balaban J connectivity index is 1.30. The number of benzene rings is 2. The second-order valence-corrected chi connectivity index (χ2v) is 8.08. The number of rotatable bonds is 5. The minimum atomic E-state index is -0.254. The Hall–Kier alpha value is -3.15. The van der Waals surface area contributed by atoms with E-state index in [1.807, 2.05) is 29.2 Å². The average molecular weight is 405 g/mol. The highest BCUT2D eigenvalue weighted by Crippen LogP contribution is 2.26. The summed E-state index contributed by atoms with van der Waals surface area (Å²) in [5, 5.41) is 0. The molecule has 0 saturated carbocycles. The van der Waals surface area contributed by atoms with Crippen molar-refractivity contribution < 1.29 is 14.4 Å². The van der Waals surface area contributed by atoms with Gasteiger partial charge in [-0.15, -0.1) is 0 Å². The summed E-state index contributed by atoms with van der Waals surface area (Å²) in [5.41, 5.74) is 2.99. The molecule has 30 heavy (non-hydrogen) atoms. The third-order valence-corrected chi connectivity index (χ3v) is 5.97. The number of para-hydroxylation sites is 1. The van der Waals surface area contributed by atoms with Crippen molar-refractivity contribution >= 4 is 23.5 Å². The zero-order valence-electron chi connectivity index (χ0n) is 17.3. The highest BCUT2D eigenvalue weighted by Gasteiger charge is 2.41. The number of piperidine rings is 1. The number of likely N-dealkylation sites (tertiary alicyclic amines) is 1. The molecule has 2 saturated heterocycles. The highest BCUT2D eigenvalue weighted by molar-refractivity contribution is 6.19. The second kappa shape index (κ2) is 8.69. The smallest absolute Gasteiger partial charge is 0.332 e. The summed E-state index contributed by atoms with van der Waals surface area (Å²) in [4.78, 5) is 42.8. The van der Waals surface area contributed by atoms with E-state index in [9.17, 15) is 14.4 Å². The monoisotopic (exact) mass is 405 g/mol. The van der Waals surface area contributed by atoms with E-state index in [4.69, 9.17) is 0 Å². The quantitative estimate of drug-likeness (QED) is 0.717. The van der Waals surface area contributed by atoms with Crippen molar-refractivity contribution in [3.05, 3.63) is 65.7 Å². The molecule has 2 heterocycles. The molecular weight excluding hydrogens is 378 g/mol. The van der Waals surface area contributed by atoms with Crippen molar-refractivity contribution in [3.63, 3.8) is 0 Å². The molecule has 6 heteroatoms. The molecule has 156 valence electrons. The van der Waals surface area contributed by atoms with Gasteiger partial charge in [0.15, 0.2) is 0 Å². The summed E-state index contributed by atoms with van der Waals surface area (Å²) < 4.78 is 0. The third kappa shape index (κ3) is 4.22. The van der Waals surface area contributed by atoms with Gasteiger partial charge in [-0.3, -0.25) is 9.59 Å². The van der Waals surface area contributed by atoms with Crippen LogP contribution in [-0.2, 0) is 16.0 Å². The van der Waals surface area contributed by atoms with E-state index in [1.54, 1.807) is 17.0 Å². The summed E-state index contributed by atoms with van der Waals surface area (Å²) in [6, 6.07) is 17.0. The first-order valence-electron chi connectivity index (χ1n) is 10.5. The molecule has 2 aliphatic heterocycles. The number of nitrogens with zero attached hydrogens (tertiary/aromatic N) is 3. The molecule has 0 N–H and O–H groups in total. The minimum Gasteiger partial charge on any atom is -0.343 e. The Labute approximate surface area is 177 Å². The van der Waals surface area contributed by atoms with Gasteiger partial charge in [-0.1, -0.05) is 48.0 Å². The topological polar surface area (TPSA) is 60.9 Å². The van der Waals surface area contributed by atoms with Crippen molar-refractivity contribution in [2.24, 2.45) is 0 Å². The Kier molecular flexibility index (Phi) is 5.84. The maximum Gasteiger partial charge on any atom is 0.332 e. The Bertz CT molecular complexity index is 936. The van der Waals surface area contributed by atoms with Crippen LogP contribution in [0.4, 0.5) is 10.5 Å². The summed E-state index contributed by atoms with van der Waals surface area (Å²) in [6.07, 6.45) is 2.65. The van der Waals surface area contributed by atoms with E-state index in [1.165, 1.54) is 16.0 Å². The number of imide groups is 1. The number of hydrogen-bond donors (Lipinski definition) is 0. The van der Waals surface area contributed by atoms with Crippen LogP contribution in [0.3, 0.4) is 0 Å². The van der Waals surface area contributed by atoms with Gasteiger partial charge >= 0.3 is 6.03 Å². The van der Waals surface area contributed by atoms with Gasteiger partial charge < -0.3 is 9.80 Å². The molecule has 0 unspecified atom stereocenters. The van der Waals surface area contributed by atoms with Crippen LogP contribution in [0.25, 0.3) is 0 Å². The maximum absolute atomic E-state index is 12.9. The van der Waals surface area contributed by atoms with Gasteiger partial charge in [0.2, 0.25) is 5.91 Å². The summed E-state index contributed by atoms with van der Waals surface area (Å²) in [5.74, 6) is -0.0347. The predicted molar refractivity (Wildman–Crippen MR) is 115 cm³/mol. The SMILES string of the molecule is Cc1cccc(CCC(=O)N2CCC(N3CC(=O)N(c4ccccc4)C3=O)CC2)c1. The van der Waals surface area contributed by atoms with Gasteiger partial charge in [-0.2, -0.15) is 0 Å². The second-order valence-electron chi connectivity index (χ2n) is 8.08. The lowest BCUT2D eigenvalue weighted by atomic mass is 10.0. The Morgan fingerprint density at radius 1 is 1.00 bits per heavy atom. The van der Waals surface area contributed by atoms with Crippen LogP contribution in [0.15, 0.2) is 54.6 Å². The van der Waals surface area contributed by atoms with Crippen LogP contribution >= 0.6 is 0 Å². The fourth-order valence-corrected chi connectivity index (χ4v) is 4.34. The van der Waals surface area contributed by atoms with Crippen LogP contribution in [0.5, 0.6) is 0 Å². The van der Waals surface area contributed by atoms with Crippen molar-refractivity contribution in [2.45, 2.75) is 38.6 Å². The van der Waals surface area contributed by atoms with E-state index in [2.05, 4.69) is 25.1 Å². The van der Waals surface area contributed by atoms with Crippen molar-refractivity contribution in [1.82, 2.24) is 9.80 Å². The summed E-state index contributed by atoms with van der Waals surface area (Å²) in [6.45, 7) is 3.42. The van der Waals surface area contributed by atoms with Crippen molar-refractivity contribution in [1.29, 1.82) is 0 Å². The van der Waals surface area contributed by atoms with E-state index >= 15 is 0 Å². The molecule has 0 aromatic heterocycles. The fourth-order valence-electron chi connectivity index (χ4n) is 4.34. The molecule has 0 bridgehead atoms. The van der Waals surface area contributed by atoms with Crippen LogP contribution in [0.2, 0.25) is 0 Å². The molecule has 2 aliphatic rings. The summed E-state index contributed by atoms with van der Waals surface area (Å²) >= 11 is 0. The van der Waals surface area contributed by atoms with Gasteiger partial charge in [0.05, 0.1) is 5.69 Å². The molecular formula is C24H27N3O3. The highest BCUT2D eigenvalue weighted by atomic mass is 16.2. The zero-order chi connectivity index (χ0) is 21.1. The number of amides is 4. The molecule has 0 aliphatic carbocycles. The molecule has 0 radical (unpaired) electrons. The normalized spacial score (nSPS) is 17.7. The molecule has 2 aromatic rings.